The van der Waals surface area contributed by atoms with E-state index in [0.29, 0.717) is 5.56 Å². The molecule has 0 saturated heterocycles. The number of aryl methyl sites for hydroxylation is 1. The van der Waals surface area contributed by atoms with Gasteiger partial charge in [0.2, 0.25) is 0 Å². The summed E-state index contributed by atoms with van der Waals surface area (Å²) >= 11 is 0. The number of hydrogen-bond donors (Lipinski definition) is 1. The van der Waals surface area contributed by atoms with Gasteiger partial charge in [-0.25, -0.2) is 4.79 Å². The Kier molecular flexibility index (Phi) is 5.03. The van der Waals surface area contributed by atoms with E-state index in [-0.39, 0.29) is 0 Å². The van der Waals surface area contributed by atoms with E-state index in [0.717, 1.165) is 36.8 Å². The summed E-state index contributed by atoms with van der Waals surface area (Å²) in [5.41, 5.74) is 2.64. The lowest BCUT2D eigenvalue weighted by Gasteiger charge is -2.11. The standard InChI is InChI=1S/C14H19O2/c1-3-5-6-9-12-11(4-2)8-7-10-13(12)14(15)16/h3,7-8,10H,4-6,9H2,1-2H3,(H,15,16). The van der Waals surface area contributed by atoms with Crippen LogP contribution in [0.5, 0.6) is 0 Å². The molecule has 0 unspecified atom stereocenters. The van der Waals surface area contributed by atoms with E-state index in [4.69, 9.17) is 5.11 Å². The minimum Gasteiger partial charge on any atom is -0.478 e. The molecule has 0 aliphatic rings. The maximum Gasteiger partial charge on any atom is 0.335 e. The van der Waals surface area contributed by atoms with Crippen LogP contribution in [0, 0.1) is 6.42 Å². The molecule has 2 heteroatoms. The highest BCUT2D eigenvalue weighted by atomic mass is 16.4. The van der Waals surface area contributed by atoms with Gasteiger partial charge in [-0.15, -0.1) is 0 Å². The summed E-state index contributed by atoms with van der Waals surface area (Å²) in [4.78, 5) is 11.1. The van der Waals surface area contributed by atoms with Crippen molar-refractivity contribution in [3.05, 3.63) is 41.3 Å². The van der Waals surface area contributed by atoms with Crippen LogP contribution in [-0.2, 0) is 12.8 Å². The summed E-state index contributed by atoms with van der Waals surface area (Å²) in [5, 5.41) is 9.13. The second kappa shape index (κ2) is 6.31. The molecule has 0 bridgehead atoms. The van der Waals surface area contributed by atoms with Gasteiger partial charge in [0.25, 0.3) is 0 Å². The number of rotatable bonds is 6. The van der Waals surface area contributed by atoms with E-state index in [1.54, 1.807) is 6.07 Å². The molecule has 0 aliphatic carbocycles. The van der Waals surface area contributed by atoms with Gasteiger partial charge in [0.15, 0.2) is 0 Å². The first kappa shape index (κ1) is 12.8. The van der Waals surface area contributed by atoms with Crippen LogP contribution in [0.15, 0.2) is 18.2 Å². The van der Waals surface area contributed by atoms with Gasteiger partial charge in [-0.05, 0) is 42.9 Å². The largest absolute Gasteiger partial charge is 0.478 e. The predicted molar refractivity (Wildman–Crippen MR) is 65.7 cm³/mol. The van der Waals surface area contributed by atoms with Gasteiger partial charge in [-0.1, -0.05) is 32.4 Å². The highest BCUT2D eigenvalue weighted by Gasteiger charge is 2.12. The maximum atomic E-state index is 11.1. The summed E-state index contributed by atoms with van der Waals surface area (Å²) in [6.45, 7) is 4.10. The molecule has 1 N–H and O–H groups in total. The zero-order valence-electron chi connectivity index (χ0n) is 9.99. The van der Waals surface area contributed by atoms with Gasteiger partial charge in [0, 0.05) is 0 Å². The average Bonchev–Trinajstić information content (AvgIpc) is 2.29. The molecule has 0 spiro atoms. The van der Waals surface area contributed by atoms with E-state index in [9.17, 15) is 4.79 Å². The van der Waals surface area contributed by atoms with Crippen molar-refractivity contribution in [1.29, 1.82) is 0 Å². The third kappa shape index (κ3) is 3.09. The first-order valence-corrected chi connectivity index (χ1v) is 5.82. The maximum absolute atomic E-state index is 11.1. The van der Waals surface area contributed by atoms with Crippen LogP contribution < -0.4 is 0 Å². The quantitative estimate of drug-likeness (QED) is 0.743. The van der Waals surface area contributed by atoms with Gasteiger partial charge in [-0.3, -0.25) is 0 Å². The van der Waals surface area contributed by atoms with Crippen molar-refractivity contribution < 1.29 is 9.90 Å². The Balaban J connectivity index is 2.95. The Morgan fingerprint density at radius 1 is 1.44 bits per heavy atom. The van der Waals surface area contributed by atoms with Crippen LogP contribution >= 0.6 is 0 Å². The lowest BCUT2D eigenvalue weighted by atomic mass is 9.94. The molecule has 0 amide bonds. The second-order valence-electron chi connectivity index (χ2n) is 3.90. The molecule has 0 aliphatic heterocycles. The minimum atomic E-state index is -0.814. The average molecular weight is 219 g/mol. The zero-order valence-corrected chi connectivity index (χ0v) is 9.99. The van der Waals surface area contributed by atoms with Crippen LogP contribution in [-0.4, -0.2) is 11.1 Å². The van der Waals surface area contributed by atoms with Crippen molar-refractivity contribution in [3.63, 3.8) is 0 Å². The fraction of sp³-hybridized carbons (Fsp3) is 0.429. The molecule has 0 fully saturated rings. The van der Waals surface area contributed by atoms with E-state index in [2.05, 4.69) is 13.3 Å². The molecule has 0 atom stereocenters. The normalized spacial score (nSPS) is 10.4. The van der Waals surface area contributed by atoms with Gasteiger partial charge in [-0.2, -0.15) is 0 Å². The zero-order chi connectivity index (χ0) is 12.0. The number of unbranched alkanes of at least 4 members (excludes halogenated alkanes) is 2. The second-order valence-corrected chi connectivity index (χ2v) is 3.90. The Morgan fingerprint density at radius 3 is 2.75 bits per heavy atom. The first-order chi connectivity index (χ1) is 7.70. The third-order valence-corrected chi connectivity index (χ3v) is 2.80. The number of hydrogen-bond acceptors (Lipinski definition) is 1. The molecule has 1 radical (unpaired) electrons. The van der Waals surface area contributed by atoms with Crippen LogP contribution in [0.3, 0.4) is 0 Å². The minimum absolute atomic E-state index is 0.468. The predicted octanol–water partition coefficient (Wildman–Crippen LogP) is 3.49. The Bertz CT molecular complexity index is 356. The van der Waals surface area contributed by atoms with E-state index in [1.807, 2.05) is 19.1 Å². The van der Waals surface area contributed by atoms with Gasteiger partial charge in [0.1, 0.15) is 0 Å². The summed E-state index contributed by atoms with van der Waals surface area (Å²) in [6.07, 6.45) is 5.93. The summed E-state index contributed by atoms with van der Waals surface area (Å²) in [6, 6.07) is 5.56. The Morgan fingerprint density at radius 2 is 2.19 bits per heavy atom. The van der Waals surface area contributed by atoms with Gasteiger partial charge in [0.05, 0.1) is 5.56 Å². The number of carboxylic acids is 1. The van der Waals surface area contributed by atoms with Crippen molar-refractivity contribution in [2.45, 2.75) is 39.5 Å². The fourth-order valence-corrected chi connectivity index (χ4v) is 1.94. The summed E-state index contributed by atoms with van der Waals surface area (Å²) in [5.74, 6) is -0.814. The van der Waals surface area contributed by atoms with E-state index >= 15 is 0 Å². The van der Waals surface area contributed by atoms with Crippen molar-refractivity contribution in [3.8, 4) is 0 Å². The highest BCUT2D eigenvalue weighted by molar-refractivity contribution is 5.89. The van der Waals surface area contributed by atoms with Crippen molar-refractivity contribution in [1.82, 2.24) is 0 Å². The van der Waals surface area contributed by atoms with E-state index < -0.39 is 5.97 Å². The number of aromatic carboxylic acids is 1. The van der Waals surface area contributed by atoms with Gasteiger partial charge < -0.3 is 5.11 Å². The molecule has 0 aromatic heterocycles. The van der Waals surface area contributed by atoms with Crippen molar-refractivity contribution in [2.24, 2.45) is 0 Å². The molecule has 1 aromatic carbocycles. The molecule has 1 aromatic rings. The lowest BCUT2D eigenvalue weighted by Crippen LogP contribution is -2.05. The van der Waals surface area contributed by atoms with Crippen molar-refractivity contribution >= 4 is 5.97 Å². The Hall–Kier alpha value is -1.31. The number of carboxylic acid groups (broad SMARTS) is 1. The monoisotopic (exact) mass is 219 g/mol. The smallest absolute Gasteiger partial charge is 0.335 e. The number of carbonyl (C=O) groups is 1. The van der Waals surface area contributed by atoms with Gasteiger partial charge >= 0.3 is 5.97 Å². The third-order valence-electron chi connectivity index (χ3n) is 2.80. The molecular formula is C14H19O2. The molecule has 87 valence electrons. The molecule has 0 heterocycles. The highest BCUT2D eigenvalue weighted by Crippen LogP contribution is 2.18. The molecular weight excluding hydrogens is 200 g/mol. The Labute approximate surface area is 97.3 Å². The molecule has 0 saturated carbocycles. The van der Waals surface area contributed by atoms with Crippen LogP contribution in [0.25, 0.3) is 0 Å². The van der Waals surface area contributed by atoms with Crippen LogP contribution in [0.1, 0.15) is 48.2 Å². The molecule has 16 heavy (non-hydrogen) atoms. The topological polar surface area (TPSA) is 37.3 Å². The lowest BCUT2D eigenvalue weighted by molar-refractivity contribution is 0.0695. The fourth-order valence-electron chi connectivity index (χ4n) is 1.94. The number of benzene rings is 1. The first-order valence-electron chi connectivity index (χ1n) is 5.82. The van der Waals surface area contributed by atoms with Crippen molar-refractivity contribution in [2.75, 3.05) is 0 Å². The molecule has 1 rings (SSSR count). The van der Waals surface area contributed by atoms with E-state index in [1.165, 1.54) is 0 Å². The summed E-state index contributed by atoms with van der Waals surface area (Å²) in [7, 11) is 0. The molecule has 2 nitrogen and oxygen atoms in total. The van der Waals surface area contributed by atoms with Crippen LogP contribution in [0.2, 0.25) is 0 Å². The SMILES string of the molecule is C[CH]CCCc1c(CC)cccc1C(=O)O. The van der Waals surface area contributed by atoms with Crippen LogP contribution in [0.4, 0.5) is 0 Å². The summed E-state index contributed by atoms with van der Waals surface area (Å²) < 4.78 is 0.